The number of likely N-dealkylation sites (tertiary alicyclic amines) is 1. The standard InChI is InChI=1S/C17H27ClN2/c1-12-9-14(18)5-6-15(12)16(10-19)20-8-7-13(11-20)17(2,3)4/h5-6,9,13,16H,7-8,10-11,19H2,1-4H3. The summed E-state index contributed by atoms with van der Waals surface area (Å²) in [6, 6.07) is 6.47. The summed E-state index contributed by atoms with van der Waals surface area (Å²) in [5, 5.41) is 0.802. The number of halogens is 1. The van der Waals surface area contributed by atoms with Gasteiger partial charge in [0.1, 0.15) is 0 Å². The van der Waals surface area contributed by atoms with Crippen molar-refractivity contribution in [2.24, 2.45) is 17.1 Å². The Morgan fingerprint density at radius 3 is 2.60 bits per heavy atom. The topological polar surface area (TPSA) is 29.3 Å². The number of hydrogen-bond donors (Lipinski definition) is 1. The first-order valence-electron chi connectivity index (χ1n) is 7.53. The highest BCUT2D eigenvalue weighted by atomic mass is 35.5. The minimum Gasteiger partial charge on any atom is -0.329 e. The van der Waals surface area contributed by atoms with Gasteiger partial charge in [-0.05, 0) is 54.5 Å². The second kappa shape index (κ2) is 6.05. The molecule has 1 aromatic carbocycles. The second-order valence-electron chi connectivity index (χ2n) is 7.10. The molecule has 20 heavy (non-hydrogen) atoms. The van der Waals surface area contributed by atoms with Crippen molar-refractivity contribution in [2.75, 3.05) is 19.6 Å². The van der Waals surface area contributed by atoms with Crippen molar-refractivity contribution < 1.29 is 0 Å². The normalized spacial score (nSPS) is 22.2. The van der Waals surface area contributed by atoms with Gasteiger partial charge in [0.05, 0.1) is 0 Å². The SMILES string of the molecule is Cc1cc(Cl)ccc1C(CN)N1CCC(C(C)(C)C)C1. The Kier molecular flexibility index (Phi) is 4.78. The summed E-state index contributed by atoms with van der Waals surface area (Å²) < 4.78 is 0. The van der Waals surface area contributed by atoms with Crippen LogP contribution < -0.4 is 5.73 Å². The molecule has 0 amide bonds. The molecular weight excluding hydrogens is 268 g/mol. The molecule has 1 saturated heterocycles. The molecule has 0 radical (unpaired) electrons. The summed E-state index contributed by atoms with van der Waals surface area (Å²) in [4.78, 5) is 2.55. The summed E-state index contributed by atoms with van der Waals surface area (Å²) in [6.45, 7) is 12.1. The van der Waals surface area contributed by atoms with Crippen molar-refractivity contribution >= 4 is 11.6 Å². The fourth-order valence-corrected chi connectivity index (χ4v) is 3.49. The van der Waals surface area contributed by atoms with E-state index in [1.165, 1.54) is 17.5 Å². The summed E-state index contributed by atoms with van der Waals surface area (Å²) in [7, 11) is 0. The Balaban J connectivity index is 2.17. The Bertz CT molecular complexity index is 465. The van der Waals surface area contributed by atoms with Crippen LogP contribution in [0.25, 0.3) is 0 Å². The van der Waals surface area contributed by atoms with E-state index in [-0.39, 0.29) is 0 Å². The van der Waals surface area contributed by atoms with Crippen LogP contribution in [0.4, 0.5) is 0 Å². The fraction of sp³-hybridized carbons (Fsp3) is 0.647. The lowest BCUT2D eigenvalue weighted by Gasteiger charge is -2.31. The number of benzene rings is 1. The largest absolute Gasteiger partial charge is 0.329 e. The first-order chi connectivity index (χ1) is 9.32. The Morgan fingerprint density at radius 2 is 2.10 bits per heavy atom. The van der Waals surface area contributed by atoms with Crippen LogP contribution in [0.5, 0.6) is 0 Å². The predicted molar refractivity (Wildman–Crippen MR) is 87.1 cm³/mol. The summed E-state index contributed by atoms with van der Waals surface area (Å²) >= 11 is 6.06. The third-order valence-corrected chi connectivity index (χ3v) is 4.93. The van der Waals surface area contributed by atoms with Crippen molar-refractivity contribution in [3.05, 3.63) is 34.3 Å². The summed E-state index contributed by atoms with van der Waals surface area (Å²) in [5.74, 6) is 0.754. The predicted octanol–water partition coefficient (Wildman–Crippen LogP) is 4.02. The lowest BCUT2D eigenvalue weighted by Crippen LogP contribution is -2.34. The molecule has 3 heteroatoms. The number of aryl methyl sites for hydroxylation is 1. The van der Waals surface area contributed by atoms with Crippen LogP contribution in [0.1, 0.15) is 44.4 Å². The highest BCUT2D eigenvalue weighted by Crippen LogP contribution is 2.37. The number of nitrogens with zero attached hydrogens (tertiary/aromatic N) is 1. The van der Waals surface area contributed by atoms with Crippen LogP contribution in [0, 0.1) is 18.3 Å². The lowest BCUT2D eigenvalue weighted by molar-refractivity contribution is 0.197. The fourth-order valence-electron chi connectivity index (χ4n) is 3.26. The van der Waals surface area contributed by atoms with Gasteiger partial charge < -0.3 is 5.73 Å². The monoisotopic (exact) mass is 294 g/mol. The van der Waals surface area contributed by atoms with Crippen LogP contribution in [0.3, 0.4) is 0 Å². The molecule has 2 rings (SSSR count). The van der Waals surface area contributed by atoms with E-state index >= 15 is 0 Å². The zero-order chi connectivity index (χ0) is 14.9. The van der Waals surface area contributed by atoms with E-state index in [2.05, 4.69) is 38.7 Å². The van der Waals surface area contributed by atoms with Gasteiger partial charge in [-0.1, -0.05) is 38.4 Å². The summed E-state index contributed by atoms with van der Waals surface area (Å²) in [5.41, 5.74) is 9.02. The molecule has 0 aromatic heterocycles. The molecule has 1 aliphatic rings. The maximum absolute atomic E-state index is 6.07. The molecule has 1 heterocycles. The van der Waals surface area contributed by atoms with Crippen LogP contribution in [-0.4, -0.2) is 24.5 Å². The van der Waals surface area contributed by atoms with Crippen molar-refractivity contribution in [3.63, 3.8) is 0 Å². The third-order valence-electron chi connectivity index (χ3n) is 4.70. The van der Waals surface area contributed by atoms with Gasteiger partial charge >= 0.3 is 0 Å². The van der Waals surface area contributed by atoms with Gasteiger partial charge in [-0.3, -0.25) is 4.90 Å². The van der Waals surface area contributed by atoms with Gasteiger partial charge in [0.15, 0.2) is 0 Å². The molecule has 0 aliphatic carbocycles. The van der Waals surface area contributed by atoms with E-state index in [1.54, 1.807) is 0 Å². The van der Waals surface area contributed by atoms with Gasteiger partial charge in [0.25, 0.3) is 0 Å². The first-order valence-corrected chi connectivity index (χ1v) is 7.91. The molecule has 2 nitrogen and oxygen atoms in total. The molecule has 2 N–H and O–H groups in total. The maximum Gasteiger partial charge on any atom is 0.0473 e. The second-order valence-corrected chi connectivity index (χ2v) is 7.54. The number of hydrogen-bond acceptors (Lipinski definition) is 2. The third kappa shape index (κ3) is 3.36. The van der Waals surface area contributed by atoms with Crippen LogP contribution in [0.15, 0.2) is 18.2 Å². The molecule has 0 saturated carbocycles. The van der Waals surface area contributed by atoms with E-state index in [9.17, 15) is 0 Å². The number of rotatable bonds is 3. The minimum absolute atomic E-state index is 0.319. The van der Waals surface area contributed by atoms with E-state index in [1.807, 2.05) is 12.1 Å². The van der Waals surface area contributed by atoms with E-state index < -0.39 is 0 Å². The Labute approximate surface area is 128 Å². The lowest BCUT2D eigenvalue weighted by atomic mass is 9.80. The van der Waals surface area contributed by atoms with E-state index in [0.29, 0.717) is 18.0 Å². The average molecular weight is 295 g/mol. The molecule has 0 spiro atoms. The molecule has 1 fully saturated rings. The van der Waals surface area contributed by atoms with Gasteiger partial charge in [-0.15, -0.1) is 0 Å². The molecule has 0 bridgehead atoms. The van der Waals surface area contributed by atoms with Crippen LogP contribution in [0.2, 0.25) is 5.02 Å². The quantitative estimate of drug-likeness (QED) is 0.912. The van der Waals surface area contributed by atoms with Gasteiger partial charge in [-0.25, -0.2) is 0 Å². The van der Waals surface area contributed by atoms with Gasteiger partial charge in [-0.2, -0.15) is 0 Å². The van der Waals surface area contributed by atoms with E-state index in [0.717, 1.165) is 24.0 Å². The first kappa shape index (κ1) is 15.8. The molecule has 1 aromatic rings. The van der Waals surface area contributed by atoms with E-state index in [4.69, 9.17) is 17.3 Å². The maximum atomic E-state index is 6.07. The average Bonchev–Trinajstić information content (AvgIpc) is 2.82. The minimum atomic E-state index is 0.319. The van der Waals surface area contributed by atoms with Gasteiger partial charge in [0.2, 0.25) is 0 Å². The number of nitrogens with two attached hydrogens (primary N) is 1. The zero-order valence-corrected chi connectivity index (χ0v) is 13.9. The molecule has 112 valence electrons. The van der Waals surface area contributed by atoms with Crippen molar-refractivity contribution in [1.29, 1.82) is 0 Å². The van der Waals surface area contributed by atoms with Gasteiger partial charge in [0, 0.05) is 24.2 Å². The molecular formula is C17H27ClN2. The Morgan fingerprint density at radius 1 is 1.40 bits per heavy atom. The summed E-state index contributed by atoms with van der Waals surface area (Å²) in [6.07, 6.45) is 1.27. The van der Waals surface area contributed by atoms with Crippen LogP contribution >= 0.6 is 11.6 Å². The zero-order valence-electron chi connectivity index (χ0n) is 13.1. The molecule has 2 unspecified atom stereocenters. The van der Waals surface area contributed by atoms with Crippen molar-refractivity contribution in [3.8, 4) is 0 Å². The van der Waals surface area contributed by atoms with Crippen molar-refractivity contribution in [1.82, 2.24) is 4.90 Å². The molecule has 1 aliphatic heterocycles. The smallest absolute Gasteiger partial charge is 0.0473 e. The highest BCUT2D eigenvalue weighted by molar-refractivity contribution is 6.30. The Hall–Kier alpha value is -0.570. The highest BCUT2D eigenvalue weighted by Gasteiger charge is 2.35. The van der Waals surface area contributed by atoms with Crippen molar-refractivity contribution in [2.45, 2.75) is 40.2 Å². The van der Waals surface area contributed by atoms with Crippen LogP contribution in [-0.2, 0) is 0 Å². The molecule has 2 atom stereocenters.